The Labute approximate surface area is 168 Å². The minimum atomic E-state index is 0.730. The molecular weight excluding hydrogens is 350 g/mol. The quantitative estimate of drug-likeness (QED) is 0.549. The molecule has 0 aliphatic heterocycles. The predicted molar refractivity (Wildman–Crippen MR) is 115 cm³/mol. The van der Waals surface area contributed by atoms with E-state index in [4.69, 9.17) is 14.5 Å². The highest BCUT2D eigenvalue weighted by molar-refractivity contribution is 5.87. The molecule has 0 amide bonds. The summed E-state index contributed by atoms with van der Waals surface area (Å²) in [7, 11) is 0. The van der Waals surface area contributed by atoms with Crippen LogP contribution in [0, 0.1) is 0 Å². The number of nitrogens with one attached hydrogen (secondary N) is 2. The summed E-state index contributed by atoms with van der Waals surface area (Å²) in [6.07, 6.45) is 7.88. The van der Waals surface area contributed by atoms with E-state index in [1.54, 1.807) is 0 Å². The lowest BCUT2D eigenvalue weighted by molar-refractivity contribution is 0.199. The van der Waals surface area contributed by atoms with Gasteiger partial charge in [0, 0.05) is 18.0 Å². The lowest BCUT2D eigenvalue weighted by Gasteiger charge is -2.19. The van der Waals surface area contributed by atoms with Crippen molar-refractivity contribution in [1.82, 2.24) is 15.6 Å². The van der Waals surface area contributed by atoms with Gasteiger partial charge < -0.3 is 20.1 Å². The molecule has 3 rings (SSSR count). The van der Waals surface area contributed by atoms with E-state index in [1.807, 2.05) is 6.20 Å². The number of ether oxygens (including phenoxy) is 2. The zero-order valence-corrected chi connectivity index (χ0v) is 17.2. The molecule has 2 aromatic rings. The van der Waals surface area contributed by atoms with Crippen LogP contribution in [0.2, 0.25) is 0 Å². The summed E-state index contributed by atoms with van der Waals surface area (Å²) in [6, 6.07) is 6.35. The molecule has 1 aromatic carbocycles. The third-order valence-corrected chi connectivity index (χ3v) is 4.98. The van der Waals surface area contributed by atoms with Crippen molar-refractivity contribution in [3.63, 3.8) is 0 Å². The first-order valence-corrected chi connectivity index (χ1v) is 10.6. The maximum absolute atomic E-state index is 5.95. The van der Waals surface area contributed by atoms with Crippen LogP contribution < -0.4 is 15.4 Å². The number of rotatable bonds is 12. The van der Waals surface area contributed by atoms with Crippen LogP contribution in [0.15, 0.2) is 36.2 Å². The molecule has 5 nitrogen and oxygen atoms in total. The van der Waals surface area contributed by atoms with Gasteiger partial charge >= 0.3 is 0 Å². The first-order chi connectivity index (χ1) is 13.8. The van der Waals surface area contributed by atoms with Crippen LogP contribution in [0.3, 0.4) is 0 Å². The first kappa shape index (κ1) is 20.6. The molecule has 1 heterocycles. The van der Waals surface area contributed by atoms with Crippen molar-refractivity contribution < 1.29 is 9.47 Å². The number of pyridine rings is 1. The van der Waals surface area contributed by atoms with Crippen LogP contribution in [-0.4, -0.2) is 44.4 Å². The number of aromatic nitrogens is 1. The van der Waals surface area contributed by atoms with Gasteiger partial charge in [0.2, 0.25) is 0 Å². The fraction of sp³-hybridized carbons (Fsp3) is 0.522. The Bertz CT molecular complexity index is 789. The fourth-order valence-corrected chi connectivity index (χ4v) is 3.48. The number of fused-ring (bicyclic) bond motifs is 3. The van der Waals surface area contributed by atoms with E-state index in [0.29, 0.717) is 0 Å². The van der Waals surface area contributed by atoms with E-state index < -0.39 is 0 Å². The van der Waals surface area contributed by atoms with Crippen LogP contribution in [-0.2, 0) is 17.6 Å². The average molecular weight is 384 g/mol. The van der Waals surface area contributed by atoms with E-state index in [2.05, 4.69) is 48.8 Å². The van der Waals surface area contributed by atoms with Crippen molar-refractivity contribution >= 4 is 10.8 Å². The highest BCUT2D eigenvalue weighted by Gasteiger charge is 2.16. The Kier molecular flexibility index (Phi) is 8.12. The molecule has 0 fully saturated rings. The molecule has 1 aromatic heterocycles. The fourth-order valence-electron chi connectivity index (χ4n) is 3.48. The molecule has 1 aliphatic rings. The third kappa shape index (κ3) is 5.69. The summed E-state index contributed by atoms with van der Waals surface area (Å²) in [5, 5.41) is 9.05. The number of nitrogens with zero attached hydrogens (tertiary/aromatic N) is 1. The summed E-state index contributed by atoms with van der Waals surface area (Å²) in [5.41, 5.74) is 2.45. The van der Waals surface area contributed by atoms with Gasteiger partial charge in [-0.15, -0.1) is 0 Å². The monoisotopic (exact) mass is 383 g/mol. The highest BCUT2D eigenvalue weighted by atomic mass is 16.5. The van der Waals surface area contributed by atoms with E-state index in [0.717, 1.165) is 87.7 Å². The predicted octanol–water partition coefficient (Wildman–Crippen LogP) is 3.61. The largest absolute Gasteiger partial charge is 0.498 e. The van der Waals surface area contributed by atoms with Crippen molar-refractivity contribution in [3.05, 3.63) is 47.5 Å². The summed E-state index contributed by atoms with van der Waals surface area (Å²) >= 11 is 0. The van der Waals surface area contributed by atoms with Crippen molar-refractivity contribution in [2.75, 3.05) is 39.4 Å². The SMILES string of the molecule is CCNCCCOC1=CCc2c(ncc3cc(OCCCNCC)ccc23)C1. The molecule has 0 saturated carbocycles. The summed E-state index contributed by atoms with van der Waals surface area (Å²) in [6.45, 7) is 9.74. The van der Waals surface area contributed by atoms with Crippen LogP contribution in [0.1, 0.15) is 37.9 Å². The lowest BCUT2D eigenvalue weighted by atomic mass is 9.95. The van der Waals surface area contributed by atoms with E-state index in [-0.39, 0.29) is 0 Å². The summed E-state index contributed by atoms with van der Waals surface area (Å²) < 4.78 is 11.8. The van der Waals surface area contributed by atoms with Gasteiger partial charge in [0.25, 0.3) is 0 Å². The molecule has 5 heteroatoms. The van der Waals surface area contributed by atoms with Gasteiger partial charge in [0.05, 0.1) is 24.7 Å². The van der Waals surface area contributed by atoms with Gasteiger partial charge in [0.1, 0.15) is 5.75 Å². The van der Waals surface area contributed by atoms with Crippen LogP contribution in [0.4, 0.5) is 0 Å². The molecule has 28 heavy (non-hydrogen) atoms. The van der Waals surface area contributed by atoms with Crippen LogP contribution in [0.25, 0.3) is 10.8 Å². The lowest BCUT2D eigenvalue weighted by Crippen LogP contribution is -2.16. The highest BCUT2D eigenvalue weighted by Crippen LogP contribution is 2.29. The minimum absolute atomic E-state index is 0.730. The third-order valence-electron chi connectivity index (χ3n) is 4.98. The minimum Gasteiger partial charge on any atom is -0.498 e. The number of hydrogen-bond acceptors (Lipinski definition) is 5. The molecule has 0 atom stereocenters. The van der Waals surface area contributed by atoms with Gasteiger partial charge in [-0.3, -0.25) is 4.98 Å². The summed E-state index contributed by atoms with van der Waals surface area (Å²) in [5.74, 6) is 1.97. The molecule has 0 saturated heterocycles. The number of benzene rings is 1. The maximum Gasteiger partial charge on any atom is 0.119 e. The molecule has 0 spiro atoms. The van der Waals surface area contributed by atoms with Crippen molar-refractivity contribution in [1.29, 1.82) is 0 Å². The Morgan fingerprint density at radius 3 is 2.50 bits per heavy atom. The second kappa shape index (κ2) is 11.0. The topological polar surface area (TPSA) is 55.4 Å². The second-order valence-electron chi connectivity index (χ2n) is 7.09. The van der Waals surface area contributed by atoms with Gasteiger partial charge in [-0.25, -0.2) is 0 Å². The normalized spacial score (nSPS) is 13.3. The molecule has 0 bridgehead atoms. The van der Waals surface area contributed by atoms with E-state index in [9.17, 15) is 0 Å². The van der Waals surface area contributed by atoms with Gasteiger partial charge in [-0.05, 0) is 74.6 Å². The van der Waals surface area contributed by atoms with Crippen molar-refractivity contribution in [3.8, 4) is 5.75 Å². The Morgan fingerprint density at radius 2 is 1.75 bits per heavy atom. The van der Waals surface area contributed by atoms with E-state index in [1.165, 1.54) is 10.9 Å². The Morgan fingerprint density at radius 1 is 1.00 bits per heavy atom. The van der Waals surface area contributed by atoms with Crippen LogP contribution >= 0.6 is 0 Å². The van der Waals surface area contributed by atoms with Gasteiger partial charge in [-0.2, -0.15) is 0 Å². The average Bonchev–Trinajstić information content (AvgIpc) is 2.73. The van der Waals surface area contributed by atoms with Crippen molar-refractivity contribution in [2.24, 2.45) is 0 Å². The molecule has 1 aliphatic carbocycles. The van der Waals surface area contributed by atoms with Gasteiger partial charge in [-0.1, -0.05) is 19.9 Å². The molecule has 0 radical (unpaired) electrons. The van der Waals surface area contributed by atoms with Crippen molar-refractivity contribution in [2.45, 2.75) is 39.5 Å². The molecule has 2 N–H and O–H groups in total. The maximum atomic E-state index is 5.95. The number of hydrogen-bond donors (Lipinski definition) is 2. The molecular formula is C23H33N3O2. The standard InChI is InChI=1S/C23H33N3O2/c1-3-24-11-5-13-27-19-7-9-21-18(15-19)17-26-23-16-20(8-10-22(21)23)28-14-6-12-25-4-2/h7-9,15,17,24-25H,3-6,10-14,16H2,1-2H3. The Balaban J connectivity index is 1.58. The number of allylic oxidation sites excluding steroid dienone is 2. The van der Waals surface area contributed by atoms with E-state index >= 15 is 0 Å². The zero-order chi connectivity index (χ0) is 19.6. The van der Waals surface area contributed by atoms with Gasteiger partial charge in [0.15, 0.2) is 0 Å². The first-order valence-electron chi connectivity index (χ1n) is 10.6. The van der Waals surface area contributed by atoms with Crippen LogP contribution in [0.5, 0.6) is 5.75 Å². The smallest absolute Gasteiger partial charge is 0.119 e. The summed E-state index contributed by atoms with van der Waals surface area (Å²) in [4.78, 5) is 4.72. The zero-order valence-electron chi connectivity index (χ0n) is 17.2. The molecule has 0 unspecified atom stereocenters. The molecule has 152 valence electrons. The Hall–Kier alpha value is -2.11. The second-order valence-corrected chi connectivity index (χ2v) is 7.09.